The molecule has 1 aliphatic rings. The van der Waals surface area contributed by atoms with E-state index in [0.717, 1.165) is 37.1 Å². The van der Waals surface area contributed by atoms with Crippen LogP contribution in [0.5, 0.6) is 0 Å². The van der Waals surface area contributed by atoms with E-state index in [2.05, 4.69) is 25.6 Å². The third-order valence-electron chi connectivity index (χ3n) is 5.55. The lowest BCUT2D eigenvalue weighted by molar-refractivity contribution is -0.117. The fourth-order valence-electron chi connectivity index (χ4n) is 3.95. The summed E-state index contributed by atoms with van der Waals surface area (Å²) >= 11 is 0. The van der Waals surface area contributed by atoms with Crippen molar-refractivity contribution in [2.45, 2.75) is 38.8 Å². The molecule has 0 saturated heterocycles. The van der Waals surface area contributed by atoms with Gasteiger partial charge in [-0.3, -0.25) is 14.5 Å². The van der Waals surface area contributed by atoms with E-state index in [1.165, 1.54) is 4.68 Å². The number of fused-ring (bicyclic) bond motifs is 1. The zero-order valence-corrected chi connectivity index (χ0v) is 17.5. The standard InChI is InChI=1S/C23H23N7O2/c31-20(15-30-23(32)29-14-8-2-5-13-19(29)28-30)24-18-12-7-6-11-17(18)22-25-21(26-27-22)16-9-3-1-4-10-16/h1,3-4,6-7,9-12H,2,5,8,13-15H2,(H,24,31)(H,25,26,27). The second-order valence-electron chi connectivity index (χ2n) is 7.79. The summed E-state index contributed by atoms with van der Waals surface area (Å²) in [6.45, 7) is 0.521. The third-order valence-corrected chi connectivity index (χ3v) is 5.55. The van der Waals surface area contributed by atoms with E-state index in [1.807, 2.05) is 48.5 Å². The Morgan fingerprint density at radius 3 is 2.72 bits per heavy atom. The average molecular weight is 429 g/mol. The van der Waals surface area contributed by atoms with Crippen molar-refractivity contribution in [1.29, 1.82) is 0 Å². The molecule has 9 heteroatoms. The molecule has 32 heavy (non-hydrogen) atoms. The van der Waals surface area contributed by atoms with Gasteiger partial charge in [-0.1, -0.05) is 48.9 Å². The lowest BCUT2D eigenvalue weighted by atomic mass is 10.1. The Labute approximate surface area is 184 Å². The number of aryl methyl sites for hydroxylation is 1. The molecule has 0 aliphatic carbocycles. The molecule has 0 fully saturated rings. The second kappa shape index (κ2) is 8.62. The number of anilines is 1. The first-order chi connectivity index (χ1) is 15.7. The minimum absolute atomic E-state index is 0.140. The molecule has 1 amide bonds. The van der Waals surface area contributed by atoms with Crippen LogP contribution in [-0.2, 0) is 24.3 Å². The van der Waals surface area contributed by atoms with Gasteiger partial charge in [0.15, 0.2) is 11.6 Å². The summed E-state index contributed by atoms with van der Waals surface area (Å²) in [7, 11) is 0. The second-order valence-corrected chi connectivity index (χ2v) is 7.79. The first kappa shape index (κ1) is 19.9. The van der Waals surface area contributed by atoms with Crippen LogP contribution in [0.25, 0.3) is 22.8 Å². The maximum absolute atomic E-state index is 12.8. The van der Waals surface area contributed by atoms with Gasteiger partial charge in [0, 0.05) is 24.1 Å². The number of carbonyl (C=O) groups is 1. The number of para-hydroxylation sites is 1. The van der Waals surface area contributed by atoms with E-state index in [9.17, 15) is 9.59 Å². The number of H-pyrrole nitrogens is 1. The molecule has 3 heterocycles. The highest BCUT2D eigenvalue weighted by Gasteiger charge is 2.18. The van der Waals surface area contributed by atoms with Crippen LogP contribution in [-0.4, -0.2) is 35.4 Å². The summed E-state index contributed by atoms with van der Waals surface area (Å²) in [5.74, 6) is 1.56. The van der Waals surface area contributed by atoms with E-state index in [4.69, 9.17) is 0 Å². The van der Waals surface area contributed by atoms with Gasteiger partial charge in [-0.05, 0) is 25.0 Å². The molecule has 5 rings (SSSR count). The third kappa shape index (κ3) is 3.96. The molecule has 0 atom stereocenters. The number of carbonyl (C=O) groups excluding carboxylic acids is 1. The first-order valence-corrected chi connectivity index (χ1v) is 10.7. The lowest BCUT2D eigenvalue weighted by Gasteiger charge is -2.09. The monoisotopic (exact) mass is 429 g/mol. The highest BCUT2D eigenvalue weighted by atomic mass is 16.2. The maximum atomic E-state index is 12.8. The number of hydrogen-bond acceptors (Lipinski definition) is 5. The van der Waals surface area contributed by atoms with Gasteiger partial charge in [0.2, 0.25) is 5.91 Å². The Hall–Kier alpha value is -4.01. The summed E-state index contributed by atoms with van der Waals surface area (Å²) in [4.78, 5) is 30.0. The summed E-state index contributed by atoms with van der Waals surface area (Å²) in [5, 5.41) is 14.5. The molecular formula is C23H23N7O2. The maximum Gasteiger partial charge on any atom is 0.346 e. The SMILES string of the molecule is O=C(Cn1nc2n(c1=O)CCCCC2)Nc1ccccc1-c1nc(-c2ccccc2)n[nH]1. The van der Waals surface area contributed by atoms with Crippen molar-refractivity contribution in [3.63, 3.8) is 0 Å². The summed E-state index contributed by atoms with van der Waals surface area (Å²) in [6, 6.07) is 17.0. The van der Waals surface area contributed by atoms with Gasteiger partial charge in [-0.15, -0.1) is 0 Å². The summed E-state index contributed by atoms with van der Waals surface area (Å²) < 4.78 is 2.94. The van der Waals surface area contributed by atoms with Crippen LogP contribution < -0.4 is 11.0 Å². The van der Waals surface area contributed by atoms with Crippen LogP contribution in [0.4, 0.5) is 5.69 Å². The predicted molar refractivity (Wildman–Crippen MR) is 120 cm³/mol. The number of nitrogens with one attached hydrogen (secondary N) is 2. The van der Waals surface area contributed by atoms with Crippen molar-refractivity contribution in [3.8, 4) is 22.8 Å². The lowest BCUT2D eigenvalue weighted by Crippen LogP contribution is -2.30. The zero-order chi connectivity index (χ0) is 21.9. The van der Waals surface area contributed by atoms with Crippen molar-refractivity contribution in [3.05, 3.63) is 70.9 Å². The molecule has 2 aromatic carbocycles. The van der Waals surface area contributed by atoms with Gasteiger partial charge >= 0.3 is 5.69 Å². The Balaban J connectivity index is 1.36. The van der Waals surface area contributed by atoms with Crippen molar-refractivity contribution in [2.75, 3.05) is 5.32 Å². The minimum Gasteiger partial charge on any atom is -0.324 e. The van der Waals surface area contributed by atoms with Crippen LogP contribution in [0.1, 0.15) is 25.1 Å². The van der Waals surface area contributed by atoms with E-state index in [0.29, 0.717) is 29.4 Å². The molecule has 9 nitrogen and oxygen atoms in total. The molecule has 2 aromatic heterocycles. The van der Waals surface area contributed by atoms with Gasteiger partial charge in [0.25, 0.3) is 0 Å². The van der Waals surface area contributed by atoms with Crippen molar-refractivity contribution < 1.29 is 4.79 Å². The first-order valence-electron chi connectivity index (χ1n) is 10.7. The largest absolute Gasteiger partial charge is 0.346 e. The summed E-state index contributed by atoms with van der Waals surface area (Å²) in [6.07, 6.45) is 3.83. The van der Waals surface area contributed by atoms with Crippen LogP contribution in [0.3, 0.4) is 0 Å². The molecule has 0 spiro atoms. The normalized spacial score (nSPS) is 13.4. The van der Waals surface area contributed by atoms with Gasteiger partial charge < -0.3 is 5.32 Å². The Morgan fingerprint density at radius 1 is 1.03 bits per heavy atom. The number of rotatable bonds is 5. The number of amides is 1. The number of nitrogens with zero attached hydrogens (tertiary/aromatic N) is 5. The smallest absolute Gasteiger partial charge is 0.324 e. The quantitative estimate of drug-likeness (QED) is 0.507. The van der Waals surface area contributed by atoms with Crippen LogP contribution in [0.2, 0.25) is 0 Å². The van der Waals surface area contributed by atoms with Gasteiger partial charge in [0.05, 0.1) is 5.69 Å². The highest BCUT2D eigenvalue weighted by Crippen LogP contribution is 2.26. The van der Waals surface area contributed by atoms with Crippen LogP contribution in [0, 0.1) is 0 Å². The van der Waals surface area contributed by atoms with E-state index >= 15 is 0 Å². The number of benzene rings is 2. The predicted octanol–water partition coefficient (Wildman–Crippen LogP) is 2.86. The molecule has 2 N–H and O–H groups in total. The molecule has 0 bridgehead atoms. The van der Waals surface area contributed by atoms with Crippen LogP contribution in [0.15, 0.2) is 59.4 Å². The molecule has 0 saturated carbocycles. The average Bonchev–Trinajstić information content (AvgIpc) is 3.33. The van der Waals surface area contributed by atoms with Gasteiger partial charge in [-0.25, -0.2) is 14.5 Å². The summed E-state index contributed by atoms with van der Waals surface area (Å²) in [5.41, 5.74) is 1.97. The van der Waals surface area contributed by atoms with E-state index in [1.54, 1.807) is 10.6 Å². The molecule has 4 aromatic rings. The number of aromatic amines is 1. The topological polar surface area (TPSA) is 110 Å². The Morgan fingerprint density at radius 2 is 1.84 bits per heavy atom. The zero-order valence-electron chi connectivity index (χ0n) is 17.5. The van der Waals surface area contributed by atoms with E-state index < -0.39 is 0 Å². The van der Waals surface area contributed by atoms with Crippen molar-refractivity contribution in [2.24, 2.45) is 0 Å². The fourth-order valence-corrected chi connectivity index (χ4v) is 3.95. The van der Waals surface area contributed by atoms with Gasteiger partial charge in [0.1, 0.15) is 12.4 Å². The minimum atomic E-state index is -0.324. The number of hydrogen-bond donors (Lipinski definition) is 2. The molecule has 162 valence electrons. The molecule has 0 radical (unpaired) electrons. The number of aromatic nitrogens is 6. The Kier molecular flexibility index (Phi) is 5.37. The Bertz CT molecular complexity index is 1300. The molecule has 0 unspecified atom stereocenters. The van der Waals surface area contributed by atoms with Crippen molar-refractivity contribution >= 4 is 11.6 Å². The van der Waals surface area contributed by atoms with Gasteiger partial charge in [-0.2, -0.15) is 10.2 Å². The molecular weight excluding hydrogens is 406 g/mol. The van der Waals surface area contributed by atoms with E-state index in [-0.39, 0.29) is 18.1 Å². The fraction of sp³-hybridized carbons (Fsp3) is 0.261. The highest BCUT2D eigenvalue weighted by molar-refractivity contribution is 5.94. The molecule has 1 aliphatic heterocycles. The van der Waals surface area contributed by atoms with Crippen molar-refractivity contribution in [1.82, 2.24) is 29.5 Å². The van der Waals surface area contributed by atoms with Crippen LogP contribution >= 0.6 is 0 Å².